The summed E-state index contributed by atoms with van der Waals surface area (Å²) in [7, 11) is 1.87. The Kier molecular flexibility index (Phi) is 4.27. The van der Waals surface area contributed by atoms with E-state index in [-0.39, 0.29) is 11.8 Å². The molecule has 150 valence electrons. The van der Waals surface area contributed by atoms with E-state index in [2.05, 4.69) is 27.2 Å². The van der Waals surface area contributed by atoms with Crippen molar-refractivity contribution in [3.8, 4) is 40.7 Å². The SMILES string of the molecule is C#CC(=O)N1CC(c2ccc(-c3cc(-c4cnn(C)c4)cn4ncc(C#N)c34)cn2)C1. The highest BCUT2D eigenvalue weighted by Crippen LogP contribution is 2.33. The van der Waals surface area contributed by atoms with Crippen LogP contribution in [0.25, 0.3) is 27.8 Å². The van der Waals surface area contributed by atoms with Crippen molar-refractivity contribution < 1.29 is 4.79 Å². The average molecular weight is 407 g/mol. The molecule has 4 aromatic heterocycles. The number of fused-ring (bicyclic) bond motifs is 1. The molecular weight excluding hydrogens is 390 g/mol. The molecule has 1 aliphatic heterocycles. The van der Waals surface area contributed by atoms with Crippen molar-refractivity contribution in [3.05, 3.63) is 60.4 Å². The number of hydrogen-bond acceptors (Lipinski definition) is 5. The largest absolute Gasteiger partial charge is 0.330 e. The highest BCUT2D eigenvalue weighted by molar-refractivity contribution is 5.93. The quantitative estimate of drug-likeness (QED) is 0.486. The zero-order valence-corrected chi connectivity index (χ0v) is 16.7. The van der Waals surface area contributed by atoms with Gasteiger partial charge in [0.2, 0.25) is 0 Å². The number of amides is 1. The molecule has 0 atom stereocenters. The lowest BCUT2D eigenvalue weighted by Crippen LogP contribution is -2.48. The average Bonchev–Trinajstić information content (AvgIpc) is 3.38. The van der Waals surface area contributed by atoms with Gasteiger partial charge < -0.3 is 4.90 Å². The predicted molar refractivity (Wildman–Crippen MR) is 113 cm³/mol. The van der Waals surface area contributed by atoms with Crippen LogP contribution in [0.1, 0.15) is 17.2 Å². The topological polar surface area (TPSA) is 92.1 Å². The summed E-state index contributed by atoms with van der Waals surface area (Å²) in [5.41, 5.74) is 5.79. The van der Waals surface area contributed by atoms with E-state index in [1.807, 2.05) is 37.6 Å². The number of aryl methyl sites for hydroxylation is 1. The molecule has 0 saturated carbocycles. The molecule has 1 aliphatic rings. The van der Waals surface area contributed by atoms with Crippen LogP contribution in [0.4, 0.5) is 0 Å². The number of nitrogens with zero attached hydrogens (tertiary/aromatic N) is 7. The van der Waals surface area contributed by atoms with Gasteiger partial charge in [-0.15, -0.1) is 6.42 Å². The second-order valence-electron chi connectivity index (χ2n) is 7.53. The zero-order valence-electron chi connectivity index (χ0n) is 16.7. The van der Waals surface area contributed by atoms with Crippen LogP contribution in [0.3, 0.4) is 0 Å². The molecule has 5 rings (SSSR count). The van der Waals surface area contributed by atoms with Crippen LogP contribution < -0.4 is 0 Å². The minimum atomic E-state index is -0.285. The van der Waals surface area contributed by atoms with Gasteiger partial charge >= 0.3 is 0 Å². The van der Waals surface area contributed by atoms with Gasteiger partial charge in [-0.05, 0) is 18.1 Å². The van der Waals surface area contributed by atoms with Crippen LogP contribution in [0, 0.1) is 23.7 Å². The molecule has 0 spiro atoms. The molecule has 31 heavy (non-hydrogen) atoms. The van der Waals surface area contributed by atoms with Crippen molar-refractivity contribution in [1.82, 2.24) is 29.3 Å². The number of carbonyl (C=O) groups excluding carboxylic acids is 1. The molecule has 0 aliphatic carbocycles. The first kappa shape index (κ1) is 18.6. The monoisotopic (exact) mass is 407 g/mol. The molecule has 0 unspecified atom stereocenters. The van der Waals surface area contributed by atoms with E-state index in [1.54, 1.807) is 32.7 Å². The third kappa shape index (κ3) is 3.11. The van der Waals surface area contributed by atoms with Gasteiger partial charge in [0.1, 0.15) is 6.07 Å². The number of aromatic nitrogens is 5. The van der Waals surface area contributed by atoms with Gasteiger partial charge in [0, 0.05) is 72.6 Å². The summed E-state index contributed by atoms with van der Waals surface area (Å²) in [4.78, 5) is 17.8. The molecular formula is C23H17N7O. The van der Waals surface area contributed by atoms with Gasteiger partial charge in [-0.25, -0.2) is 4.52 Å². The third-order valence-electron chi connectivity index (χ3n) is 5.58. The molecule has 8 heteroatoms. The Balaban J connectivity index is 1.53. The summed E-state index contributed by atoms with van der Waals surface area (Å²) in [5.74, 6) is 2.03. The van der Waals surface area contributed by atoms with E-state index in [9.17, 15) is 10.1 Å². The third-order valence-corrected chi connectivity index (χ3v) is 5.58. The van der Waals surface area contributed by atoms with E-state index in [4.69, 9.17) is 6.42 Å². The summed E-state index contributed by atoms with van der Waals surface area (Å²) >= 11 is 0. The fourth-order valence-corrected chi connectivity index (χ4v) is 3.88. The van der Waals surface area contributed by atoms with Crippen molar-refractivity contribution in [2.45, 2.75) is 5.92 Å². The Labute approximate surface area is 178 Å². The Bertz CT molecular complexity index is 1390. The van der Waals surface area contributed by atoms with E-state index in [0.29, 0.717) is 18.7 Å². The minimum absolute atomic E-state index is 0.178. The molecule has 0 N–H and O–H groups in total. The molecule has 5 heterocycles. The lowest BCUT2D eigenvalue weighted by atomic mass is 9.94. The first-order valence-electron chi connectivity index (χ1n) is 9.69. The summed E-state index contributed by atoms with van der Waals surface area (Å²) < 4.78 is 3.46. The normalized spacial score (nSPS) is 13.6. The van der Waals surface area contributed by atoms with Crippen molar-refractivity contribution in [1.29, 1.82) is 5.26 Å². The molecule has 0 bridgehead atoms. The summed E-state index contributed by atoms with van der Waals surface area (Å²) in [5, 5.41) is 18.2. The number of pyridine rings is 2. The van der Waals surface area contributed by atoms with Crippen LogP contribution in [0.2, 0.25) is 0 Å². The molecule has 0 radical (unpaired) electrons. The Morgan fingerprint density at radius 2 is 1.97 bits per heavy atom. The minimum Gasteiger partial charge on any atom is -0.330 e. The standard InChI is InChI=1S/C23H17N7O/c1-3-22(31)29-12-19(13-29)21-5-4-15(8-25-21)20-6-16(18-10-26-28(2)11-18)14-30-23(20)17(7-24)9-27-30/h1,4-6,8-11,14,19H,12-13H2,2H3. The fourth-order valence-electron chi connectivity index (χ4n) is 3.88. The Morgan fingerprint density at radius 1 is 1.13 bits per heavy atom. The van der Waals surface area contributed by atoms with Crippen molar-refractivity contribution in [2.75, 3.05) is 13.1 Å². The molecule has 8 nitrogen and oxygen atoms in total. The molecule has 1 fully saturated rings. The highest BCUT2D eigenvalue weighted by atomic mass is 16.2. The summed E-state index contributed by atoms with van der Waals surface area (Å²) in [6.07, 6.45) is 14.2. The first-order valence-corrected chi connectivity index (χ1v) is 9.69. The van der Waals surface area contributed by atoms with Crippen molar-refractivity contribution >= 4 is 11.4 Å². The molecule has 1 saturated heterocycles. The maximum atomic E-state index is 11.5. The van der Waals surface area contributed by atoms with Gasteiger partial charge in [0.05, 0.1) is 23.5 Å². The van der Waals surface area contributed by atoms with E-state index < -0.39 is 0 Å². The lowest BCUT2D eigenvalue weighted by molar-refractivity contribution is -0.129. The predicted octanol–water partition coefficient (Wildman–Crippen LogP) is 2.23. The second kappa shape index (κ2) is 7.12. The van der Waals surface area contributed by atoms with E-state index >= 15 is 0 Å². The van der Waals surface area contributed by atoms with E-state index in [1.165, 1.54) is 0 Å². The van der Waals surface area contributed by atoms with Gasteiger partial charge in [0.15, 0.2) is 0 Å². The van der Waals surface area contributed by atoms with Crippen molar-refractivity contribution in [3.63, 3.8) is 0 Å². The highest BCUT2D eigenvalue weighted by Gasteiger charge is 2.31. The Morgan fingerprint density at radius 3 is 2.61 bits per heavy atom. The second-order valence-corrected chi connectivity index (χ2v) is 7.53. The van der Waals surface area contributed by atoms with Gasteiger partial charge in [-0.3, -0.25) is 14.5 Å². The van der Waals surface area contributed by atoms with Crippen LogP contribution in [0.15, 0.2) is 49.2 Å². The Hall–Kier alpha value is -4.43. The molecule has 0 aromatic carbocycles. The number of carbonyl (C=O) groups is 1. The smallest absolute Gasteiger partial charge is 0.298 e. The lowest BCUT2D eigenvalue weighted by Gasteiger charge is -2.37. The number of rotatable bonds is 3. The van der Waals surface area contributed by atoms with Crippen LogP contribution in [-0.4, -0.2) is 48.3 Å². The van der Waals surface area contributed by atoms with Crippen LogP contribution in [0.5, 0.6) is 0 Å². The molecule has 1 amide bonds. The zero-order chi connectivity index (χ0) is 21.5. The van der Waals surface area contributed by atoms with Crippen LogP contribution in [-0.2, 0) is 11.8 Å². The van der Waals surface area contributed by atoms with Gasteiger partial charge in [-0.2, -0.15) is 15.5 Å². The summed E-state index contributed by atoms with van der Waals surface area (Å²) in [6, 6.07) is 8.20. The summed E-state index contributed by atoms with van der Waals surface area (Å²) in [6.45, 7) is 1.16. The number of nitriles is 1. The van der Waals surface area contributed by atoms with Crippen molar-refractivity contribution in [2.24, 2.45) is 7.05 Å². The van der Waals surface area contributed by atoms with Gasteiger partial charge in [0.25, 0.3) is 5.91 Å². The molecule has 4 aromatic rings. The number of terminal acetylenes is 1. The maximum Gasteiger partial charge on any atom is 0.298 e. The first-order chi connectivity index (χ1) is 15.1. The fraction of sp³-hybridized carbons (Fsp3) is 0.174. The van der Waals surface area contributed by atoms with E-state index in [0.717, 1.165) is 33.5 Å². The number of likely N-dealkylation sites (tertiary alicyclic amines) is 1. The number of hydrogen-bond donors (Lipinski definition) is 0. The maximum absolute atomic E-state index is 11.5. The van der Waals surface area contributed by atoms with Gasteiger partial charge in [-0.1, -0.05) is 6.07 Å². The van der Waals surface area contributed by atoms with Crippen LogP contribution >= 0.6 is 0 Å².